The normalized spacial score (nSPS) is 21.7. The van der Waals surface area contributed by atoms with Crippen molar-refractivity contribution in [1.29, 1.82) is 0 Å². The maximum Gasteiger partial charge on any atom is 0.182 e. The van der Waals surface area contributed by atoms with Crippen LogP contribution in [0.5, 0.6) is 0 Å². The van der Waals surface area contributed by atoms with Gasteiger partial charge in [-0.3, -0.25) is 0 Å². The Hall–Kier alpha value is -1.07. The van der Waals surface area contributed by atoms with Crippen LogP contribution in [0.2, 0.25) is 0 Å². The van der Waals surface area contributed by atoms with E-state index in [1.807, 2.05) is 0 Å². The van der Waals surface area contributed by atoms with E-state index in [0.29, 0.717) is 23.5 Å². The third-order valence-corrected chi connectivity index (χ3v) is 4.83. The van der Waals surface area contributed by atoms with E-state index in [-0.39, 0.29) is 5.25 Å². The highest BCUT2D eigenvalue weighted by Crippen LogP contribution is 2.21. The molecule has 0 radical (unpaired) electrons. The van der Waals surface area contributed by atoms with Gasteiger partial charge in [0.15, 0.2) is 9.84 Å². The molecular formula is C10H14N2O2S. The fourth-order valence-corrected chi connectivity index (χ4v) is 3.50. The van der Waals surface area contributed by atoms with Crippen molar-refractivity contribution in [2.75, 3.05) is 18.8 Å². The zero-order chi connectivity index (χ0) is 10.9. The minimum Gasteiger partial charge on any atom is -0.399 e. The maximum absolute atomic E-state index is 12.1. The Morgan fingerprint density at radius 3 is 2.80 bits per heavy atom. The average molecular weight is 226 g/mol. The third-order valence-electron chi connectivity index (χ3n) is 2.64. The lowest BCUT2D eigenvalue weighted by Gasteiger charge is -2.10. The molecule has 1 atom stereocenters. The molecule has 5 heteroatoms. The second-order valence-electron chi connectivity index (χ2n) is 3.73. The molecular weight excluding hydrogens is 212 g/mol. The van der Waals surface area contributed by atoms with Crippen molar-refractivity contribution in [3.8, 4) is 0 Å². The summed E-state index contributed by atoms with van der Waals surface area (Å²) < 4.78 is 24.2. The van der Waals surface area contributed by atoms with Gasteiger partial charge in [0.2, 0.25) is 0 Å². The van der Waals surface area contributed by atoms with Gasteiger partial charge in [-0.2, -0.15) is 0 Å². The molecule has 15 heavy (non-hydrogen) atoms. The number of rotatable bonds is 2. The molecule has 1 aromatic rings. The van der Waals surface area contributed by atoms with Crippen LogP contribution in [0.15, 0.2) is 29.2 Å². The van der Waals surface area contributed by atoms with Gasteiger partial charge >= 0.3 is 0 Å². The first-order valence-electron chi connectivity index (χ1n) is 4.91. The topological polar surface area (TPSA) is 72.2 Å². The maximum atomic E-state index is 12.1. The van der Waals surface area contributed by atoms with Crippen molar-refractivity contribution >= 4 is 15.5 Å². The van der Waals surface area contributed by atoms with E-state index in [4.69, 9.17) is 5.73 Å². The molecule has 1 heterocycles. The summed E-state index contributed by atoms with van der Waals surface area (Å²) in [7, 11) is -3.20. The van der Waals surface area contributed by atoms with E-state index in [2.05, 4.69) is 5.32 Å². The summed E-state index contributed by atoms with van der Waals surface area (Å²) in [6, 6.07) is 6.48. The van der Waals surface area contributed by atoms with Gasteiger partial charge in [0.25, 0.3) is 0 Å². The molecule has 2 rings (SSSR count). The van der Waals surface area contributed by atoms with Gasteiger partial charge in [-0.25, -0.2) is 8.42 Å². The summed E-state index contributed by atoms with van der Waals surface area (Å²) >= 11 is 0. The summed E-state index contributed by atoms with van der Waals surface area (Å²) in [6.07, 6.45) is 0.678. The Kier molecular flexibility index (Phi) is 2.67. The molecule has 1 aromatic carbocycles. The molecule has 82 valence electrons. The van der Waals surface area contributed by atoms with Crippen LogP contribution in [-0.4, -0.2) is 26.8 Å². The molecule has 3 N–H and O–H groups in total. The molecule has 0 saturated carbocycles. The molecule has 0 aromatic heterocycles. The van der Waals surface area contributed by atoms with Crippen LogP contribution in [-0.2, 0) is 9.84 Å². The third kappa shape index (κ3) is 1.98. The first-order valence-corrected chi connectivity index (χ1v) is 6.45. The largest absolute Gasteiger partial charge is 0.399 e. The molecule has 1 unspecified atom stereocenters. The van der Waals surface area contributed by atoms with Crippen molar-refractivity contribution in [3.63, 3.8) is 0 Å². The first kappa shape index (κ1) is 10.4. The second-order valence-corrected chi connectivity index (χ2v) is 5.96. The highest BCUT2D eigenvalue weighted by atomic mass is 32.2. The SMILES string of the molecule is Nc1cccc(S(=O)(=O)C2CCNC2)c1. The van der Waals surface area contributed by atoms with Crippen LogP contribution in [0.25, 0.3) is 0 Å². The van der Waals surface area contributed by atoms with Crippen LogP contribution >= 0.6 is 0 Å². The van der Waals surface area contributed by atoms with Gasteiger partial charge in [-0.1, -0.05) is 6.07 Å². The van der Waals surface area contributed by atoms with E-state index in [1.165, 1.54) is 6.07 Å². The van der Waals surface area contributed by atoms with E-state index < -0.39 is 9.84 Å². The summed E-state index contributed by atoms with van der Waals surface area (Å²) in [5.74, 6) is 0. The van der Waals surface area contributed by atoms with Gasteiger partial charge in [-0.05, 0) is 31.2 Å². The number of hydrogen-bond acceptors (Lipinski definition) is 4. The highest BCUT2D eigenvalue weighted by Gasteiger charge is 2.29. The molecule has 0 aliphatic carbocycles. The molecule has 1 fully saturated rings. The number of benzene rings is 1. The van der Waals surface area contributed by atoms with Crippen molar-refractivity contribution < 1.29 is 8.42 Å². The highest BCUT2D eigenvalue weighted by molar-refractivity contribution is 7.92. The van der Waals surface area contributed by atoms with Crippen LogP contribution in [0.4, 0.5) is 5.69 Å². The Labute approximate surface area is 89.4 Å². The summed E-state index contributed by atoms with van der Waals surface area (Å²) in [6.45, 7) is 1.31. The lowest BCUT2D eigenvalue weighted by Crippen LogP contribution is -2.24. The van der Waals surface area contributed by atoms with Crippen molar-refractivity contribution in [2.45, 2.75) is 16.6 Å². The van der Waals surface area contributed by atoms with E-state index >= 15 is 0 Å². The molecule has 0 bridgehead atoms. The molecule has 0 spiro atoms. The zero-order valence-corrected chi connectivity index (χ0v) is 9.13. The standard InChI is InChI=1S/C10H14N2O2S/c11-8-2-1-3-9(6-8)15(13,14)10-4-5-12-7-10/h1-3,6,10,12H,4-5,7,11H2. The predicted molar refractivity (Wildman–Crippen MR) is 59.3 cm³/mol. The molecule has 1 aliphatic rings. The Morgan fingerprint density at radius 2 is 2.20 bits per heavy atom. The lowest BCUT2D eigenvalue weighted by atomic mass is 10.3. The lowest BCUT2D eigenvalue weighted by molar-refractivity contribution is 0.583. The smallest absolute Gasteiger partial charge is 0.182 e. The summed E-state index contributed by atoms with van der Waals surface area (Å²) in [5, 5.41) is 2.75. The number of anilines is 1. The summed E-state index contributed by atoms with van der Waals surface area (Å²) in [5.41, 5.74) is 6.06. The van der Waals surface area contributed by atoms with E-state index in [1.54, 1.807) is 18.2 Å². The van der Waals surface area contributed by atoms with Crippen LogP contribution in [0, 0.1) is 0 Å². The predicted octanol–water partition coefficient (Wildman–Crippen LogP) is 0.404. The van der Waals surface area contributed by atoms with Crippen molar-refractivity contribution in [1.82, 2.24) is 5.32 Å². The van der Waals surface area contributed by atoms with Gasteiger partial charge < -0.3 is 11.1 Å². The van der Waals surface area contributed by atoms with Crippen LogP contribution in [0.3, 0.4) is 0 Å². The van der Waals surface area contributed by atoms with E-state index in [0.717, 1.165) is 6.54 Å². The quantitative estimate of drug-likeness (QED) is 0.716. The van der Waals surface area contributed by atoms with Crippen molar-refractivity contribution in [3.05, 3.63) is 24.3 Å². The molecule has 1 aliphatic heterocycles. The molecule has 0 amide bonds. The van der Waals surface area contributed by atoms with Gasteiger partial charge in [0.05, 0.1) is 10.1 Å². The molecule has 1 saturated heterocycles. The number of nitrogens with two attached hydrogens (primary N) is 1. The van der Waals surface area contributed by atoms with Crippen LogP contribution < -0.4 is 11.1 Å². The summed E-state index contributed by atoms with van der Waals surface area (Å²) in [4.78, 5) is 0.330. The number of nitrogens with one attached hydrogen (secondary N) is 1. The Bertz CT molecular complexity index is 450. The monoisotopic (exact) mass is 226 g/mol. The minimum absolute atomic E-state index is 0.306. The fraction of sp³-hybridized carbons (Fsp3) is 0.400. The molecule has 4 nitrogen and oxygen atoms in total. The van der Waals surface area contributed by atoms with Gasteiger partial charge in [-0.15, -0.1) is 0 Å². The Balaban J connectivity index is 2.36. The van der Waals surface area contributed by atoms with E-state index in [9.17, 15) is 8.42 Å². The average Bonchev–Trinajstić information content (AvgIpc) is 2.71. The fourth-order valence-electron chi connectivity index (χ4n) is 1.78. The second kappa shape index (κ2) is 3.83. The van der Waals surface area contributed by atoms with Crippen molar-refractivity contribution in [2.24, 2.45) is 0 Å². The number of hydrogen-bond donors (Lipinski definition) is 2. The number of sulfone groups is 1. The first-order chi connectivity index (χ1) is 7.10. The minimum atomic E-state index is -3.20. The number of nitrogen functional groups attached to an aromatic ring is 1. The van der Waals surface area contributed by atoms with Crippen LogP contribution in [0.1, 0.15) is 6.42 Å². The van der Waals surface area contributed by atoms with Gasteiger partial charge in [0.1, 0.15) is 0 Å². The Morgan fingerprint density at radius 1 is 1.40 bits per heavy atom. The zero-order valence-electron chi connectivity index (χ0n) is 8.31. The van der Waals surface area contributed by atoms with Gasteiger partial charge in [0, 0.05) is 12.2 Å².